The lowest BCUT2D eigenvalue weighted by Gasteiger charge is -2.04. The van der Waals surface area contributed by atoms with Crippen molar-refractivity contribution in [3.05, 3.63) is 35.9 Å². The minimum atomic E-state index is -1.17. The summed E-state index contributed by atoms with van der Waals surface area (Å²) in [5.41, 5.74) is 26.6. The van der Waals surface area contributed by atoms with Gasteiger partial charge in [-0.3, -0.25) is 24.0 Å². The molecule has 0 spiro atoms. The van der Waals surface area contributed by atoms with E-state index in [4.69, 9.17) is 54.2 Å². The normalized spacial score (nSPS) is 12.8. The molecule has 218 valence electrons. The molecule has 1 aromatic rings. The molecule has 0 unspecified atom stereocenters. The molecule has 15 N–H and O–H groups in total. The van der Waals surface area contributed by atoms with Gasteiger partial charge in [-0.25, -0.2) is 0 Å². The molecule has 0 aliphatic heterocycles. The van der Waals surface area contributed by atoms with Crippen molar-refractivity contribution in [3.8, 4) is 0 Å². The van der Waals surface area contributed by atoms with Crippen LogP contribution >= 0.6 is 0 Å². The van der Waals surface area contributed by atoms with Crippen LogP contribution < -0.4 is 28.7 Å². The van der Waals surface area contributed by atoms with E-state index in [0.717, 1.165) is 18.4 Å². The molecule has 0 saturated carbocycles. The average molecular weight is 548 g/mol. The van der Waals surface area contributed by atoms with E-state index in [0.29, 0.717) is 19.4 Å². The van der Waals surface area contributed by atoms with Gasteiger partial charge in [0.15, 0.2) is 0 Å². The molecule has 15 heteroatoms. The van der Waals surface area contributed by atoms with E-state index in [1.165, 1.54) is 6.92 Å². The van der Waals surface area contributed by atoms with E-state index in [1.807, 2.05) is 30.3 Å². The molecule has 0 aliphatic carbocycles. The van der Waals surface area contributed by atoms with Gasteiger partial charge in [0.2, 0.25) is 0 Å². The molecule has 0 aliphatic rings. The van der Waals surface area contributed by atoms with Crippen LogP contribution in [0.5, 0.6) is 0 Å². The number of hydrogen-bond donors (Lipinski definition) is 10. The molecule has 1 aromatic carbocycles. The minimum absolute atomic E-state index is 0.0231. The SMILES string of the molecule is C[C@H](N)C(=O)O.NCCCC[C@H](N)C(=O)O.N[C@@H](CCC(=O)O)C(=O)O.N[C@@H](Cc1ccccc1)C(=O)O. The summed E-state index contributed by atoms with van der Waals surface area (Å²) in [4.78, 5) is 50.0. The second-order valence-corrected chi connectivity index (χ2v) is 7.87. The molecule has 0 bridgehead atoms. The minimum Gasteiger partial charge on any atom is -0.481 e. The molecular weight excluding hydrogens is 506 g/mol. The summed E-state index contributed by atoms with van der Waals surface area (Å²) in [7, 11) is 0. The van der Waals surface area contributed by atoms with Crippen molar-refractivity contribution in [3.63, 3.8) is 0 Å². The number of benzene rings is 1. The van der Waals surface area contributed by atoms with Crippen LogP contribution in [0.15, 0.2) is 30.3 Å². The number of carbonyl (C=O) groups is 5. The Morgan fingerprint density at radius 3 is 1.45 bits per heavy atom. The zero-order valence-electron chi connectivity index (χ0n) is 21.3. The average Bonchev–Trinajstić information content (AvgIpc) is 2.84. The Morgan fingerprint density at radius 1 is 0.684 bits per heavy atom. The molecular formula is C23H41N5O10. The predicted molar refractivity (Wildman–Crippen MR) is 138 cm³/mol. The van der Waals surface area contributed by atoms with Crippen LogP contribution in [-0.2, 0) is 30.4 Å². The fourth-order valence-corrected chi connectivity index (χ4v) is 1.99. The Morgan fingerprint density at radius 2 is 1.11 bits per heavy atom. The summed E-state index contributed by atoms with van der Waals surface area (Å²) < 4.78 is 0. The third-order valence-electron chi connectivity index (χ3n) is 4.28. The van der Waals surface area contributed by atoms with Crippen molar-refractivity contribution in [2.45, 2.75) is 69.6 Å². The fraction of sp³-hybridized carbons (Fsp3) is 0.522. The van der Waals surface area contributed by atoms with Gasteiger partial charge in [0.05, 0.1) is 0 Å². The summed E-state index contributed by atoms with van der Waals surface area (Å²) in [5.74, 6) is -5.05. The Labute approximate surface area is 220 Å². The predicted octanol–water partition coefficient (Wildman–Crippen LogP) is -1.15. The zero-order valence-corrected chi connectivity index (χ0v) is 21.3. The van der Waals surface area contributed by atoms with Gasteiger partial charge in [-0.05, 0) is 44.7 Å². The van der Waals surface area contributed by atoms with Crippen molar-refractivity contribution in [1.29, 1.82) is 0 Å². The van der Waals surface area contributed by atoms with Crippen molar-refractivity contribution < 1.29 is 49.5 Å². The van der Waals surface area contributed by atoms with Gasteiger partial charge in [-0.1, -0.05) is 36.8 Å². The smallest absolute Gasteiger partial charge is 0.320 e. The van der Waals surface area contributed by atoms with Crippen LogP contribution in [0.2, 0.25) is 0 Å². The van der Waals surface area contributed by atoms with Crippen LogP contribution in [0.4, 0.5) is 0 Å². The maximum Gasteiger partial charge on any atom is 0.320 e. The number of unbranched alkanes of at least 4 members (excludes halogenated alkanes) is 1. The number of rotatable bonds is 13. The van der Waals surface area contributed by atoms with Gasteiger partial charge in [0.1, 0.15) is 24.2 Å². The summed E-state index contributed by atoms with van der Waals surface area (Å²) in [5, 5.41) is 41.0. The molecule has 15 nitrogen and oxygen atoms in total. The Hall–Kier alpha value is -3.63. The lowest BCUT2D eigenvalue weighted by molar-refractivity contribution is -0.141. The van der Waals surface area contributed by atoms with Crippen molar-refractivity contribution in [2.75, 3.05) is 6.54 Å². The Balaban J connectivity index is -0.000000441. The summed E-state index contributed by atoms with van der Waals surface area (Å²) in [6, 6.07) is 6.04. The quantitative estimate of drug-likeness (QED) is 0.130. The van der Waals surface area contributed by atoms with Gasteiger partial charge in [0.25, 0.3) is 0 Å². The first kappa shape index (κ1) is 38.9. The molecule has 0 fully saturated rings. The molecule has 1 rings (SSSR count). The first-order valence-corrected chi connectivity index (χ1v) is 11.5. The lowest BCUT2D eigenvalue weighted by Crippen LogP contribution is -2.32. The van der Waals surface area contributed by atoms with Crippen LogP contribution in [0.1, 0.15) is 44.6 Å². The van der Waals surface area contributed by atoms with Crippen molar-refractivity contribution in [1.82, 2.24) is 0 Å². The van der Waals surface area contributed by atoms with Gasteiger partial charge in [0, 0.05) is 6.42 Å². The third-order valence-corrected chi connectivity index (χ3v) is 4.28. The maximum absolute atomic E-state index is 10.4. The lowest BCUT2D eigenvalue weighted by atomic mass is 10.1. The van der Waals surface area contributed by atoms with E-state index in [-0.39, 0.29) is 12.8 Å². The standard InChI is InChI=1S/C9H11NO2.C6H14N2O2.C5H9NO4.C3H7NO2/c10-8(9(11)12)6-7-4-2-1-3-5-7;7-4-2-1-3-5(8)6(9)10;6-3(5(9)10)1-2-4(7)8;1-2(4)3(5)6/h1-5,8H,6,10H2,(H,11,12);5H,1-4,7-8H2,(H,9,10);3H,1-2,6H2,(H,7,8)(H,9,10);2H,4H2,1H3,(H,5,6)/t8-;5-;3-;2-/m0000/s1. The fourth-order valence-electron chi connectivity index (χ4n) is 1.99. The largest absolute Gasteiger partial charge is 0.481 e. The number of aliphatic carboxylic acids is 5. The van der Waals surface area contributed by atoms with E-state index in [9.17, 15) is 24.0 Å². The Kier molecular flexibility index (Phi) is 24.3. The summed E-state index contributed by atoms with van der Waals surface area (Å²) in [6.07, 6.45) is 2.33. The van der Waals surface area contributed by atoms with Crippen LogP contribution in [-0.4, -0.2) is 86.1 Å². The highest BCUT2D eigenvalue weighted by molar-refractivity contribution is 5.75. The Bertz CT molecular complexity index is 824. The maximum atomic E-state index is 10.4. The molecule has 0 heterocycles. The molecule has 0 aromatic heterocycles. The zero-order chi connectivity index (χ0) is 30.3. The first-order chi connectivity index (χ1) is 17.6. The van der Waals surface area contributed by atoms with Crippen molar-refractivity contribution >= 4 is 29.8 Å². The molecule has 0 amide bonds. The van der Waals surface area contributed by atoms with E-state index in [2.05, 4.69) is 0 Å². The number of carboxylic acid groups (broad SMARTS) is 5. The van der Waals surface area contributed by atoms with E-state index >= 15 is 0 Å². The van der Waals surface area contributed by atoms with Gasteiger partial charge < -0.3 is 54.2 Å². The molecule has 0 saturated heterocycles. The first-order valence-electron chi connectivity index (χ1n) is 11.5. The second-order valence-electron chi connectivity index (χ2n) is 7.87. The highest BCUT2D eigenvalue weighted by atomic mass is 16.4. The molecule has 38 heavy (non-hydrogen) atoms. The second kappa shape index (κ2) is 23.7. The monoisotopic (exact) mass is 547 g/mol. The van der Waals surface area contributed by atoms with Crippen LogP contribution in [0.3, 0.4) is 0 Å². The topological polar surface area (TPSA) is 317 Å². The van der Waals surface area contributed by atoms with Gasteiger partial charge in [-0.15, -0.1) is 0 Å². The number of carboxylic acids is 5. The molecule has 0 radical (unpaired) electrons. The van der Waals surface area contributed by atoms with Crippen LogP contribution in [0, 0.1) is 0 Å². The van der Waals surface area contributed by atoms with E-state index in [1.54, 1.807) is 0 Å². The third kappa shape index (κ3) is 27.0. The van der Waals surface area contributed by atoms with Crippen LogP contribution in [0.25, 0.3) is 0 Å². The summed E-state index contributed by atoms with van der Waals surface area (Å²) >= 11 is 0. The summed E-state index contributed by atoms with van der Waals surface area (Å²) in [6.45, 7) is 2.02. The van der Waals surface area contributed by atoms with Gasteiger partial charge >= 0.3 is 29.8 Å². The highest BCUT2D eigenvalue weighted by Gasteiger charge is 2.12. The molecule has 4 atom stereocenters. The number of hydrogen-bond acceptors (Lipinski definition) is 10. The van der Waals surface area contributed by atoms with E-state index < -0.39 is 54.0 Å². The van der Waals surface area contributed by atoms with Crippen molar-refractivity contribution in [2.24, 2.45) is 28.7 Å². The van der Waals surface area contributed by atoms with Gasteiger partial charge in [-0.2, -0.15) is 0 Å². The highest BCUT2D eigenvalue weighted by Crippen LogP contribution is 2.01. The number of nitrogens with two attached hydrogens (primary N) is 5.